The van der Waals surface area contributed by atoms with E-state index in [0.717, 1.165) is 49.2 Å². The first kappa shape index (κ1) is 15.4. The summed E-state index contributed by atoms with van der Waals surface area (Å²) in [6.45, 7) is 11.3. The Morgan fingerprint density at radius 3 is 2.74 bits per heavy atom. The lowest BCUT2D eigenvalue weighted by Crippen LogP contribution is -2.19. The van der Waals surface area contributed by atoms with Gasteiger partial charge in [0.25, 0.3) is 0 Å². The van der Waals surface area contributed by atoms with Crippen LogP contribution in [0.4, 0.5) is 11.5 Å². The van der Waals surface area contributed by atoms with Crippen LogP contribution in [0.1, 0.15) is 25.3 Å². The molecule has 2 heterocycles. The van der Waals surface area contributed by atoms with Crippen molar-refractivity contribution in [2.24, 2.45) is 0 Å². The maximum Gasteiger partial charge on any atom is 0.228 e. The van der Waals surface area contributed by atoms with Gasteiger partial charge in [-0.3, -0.25) is 0 Å². The van der Waals surface area contributed by atoms with Crippen LogP contribution in [0.2, 0.25) is 0 Å². The van der Waals surface area contributed by atoms with Crippen molar-refractivity contribution in [3.05, 3.63) is 47.3 Å². The molecule has 3 rings (SSSR count). The number of rotatable bonds is 4. The summed E-state index contributed by atoms with van der Waals surface area (Å²) in [7, 11) is 5.93. The van der Waals surface area contributed by atoms with E-state index in [4.69, 9.17) is 19.2 Å². The lowest BCUT2D eigenvalue weighted by atomic mass is 9.89. The van der Waals surface area contributed by atoms with Gasteiger partial charge in [-0.15, -0.1) is 0 Å². The molecule has 1 aliphatic heterocycles. The fourth-order valence-electron chi connectivity index (χ4n) is 2.80. The molecule has 0 atom stereocenters. The molecule has 23 heavy (non-hydrogen) atoms. The molecule has 0 N–H and O–H groups in total. The third-order valence-electron chi connectivity index (χ3n) is 4.07. The fraction of sp³-hybridized carbons (Fsp3) is 0.333. The molecule has 0 bridgehead atoms. The standard InChI is InChI=1S/C18H18BN3O/c1-3-13-12-14(6-7-15(13)19)23-17-9-8-16(20-2)18(21-17)22-10-4-5-11-22/h6-9,12H,3-5,10-11H2,1H3. The highest BCUT2D eigenvalue weighted by Gasteiger charge is 2.18. The minimum Gasteiger partial charge on any atom is -0.439 e. The Balaban J connectivity index is 1.88. The van der Waals surface area contributed by atoms with E-state index in [1.54, 1.807) is 12.1 Å². The van der Waals surface area contributed by atoms with Crippen LogP contribution in [0.25, 0.3) is 4.85 Å². The molecule has 0 aliphatic carbocycles. The maximum absolute atomic E-state index is 7.32. The predicted molar refractivity (Wildman–Crippen MR) is 93.2 cm³/mol. The highest BCUT2D eigenvalue weighted by molar-refractivity contribution is 6.33. The molecule has 1 aliphatic rings. The molecule has 0 saturated carbocycles. The van der Waals surface area contributed by atoms with E-state index in [0.29, 0.717) is 17.3 Å². The van der Waals surface area contributed by atoms with Crippen LogP contribution in [0, 0.1) is 6.57 Å². The van der Waals surface area contributed by atoms with Gasteiger partial charge in [-0.2, -0.15) is 0 Å². The fourth-order valence-corrected chi connectivity index (χ4v) is 2.80. The van der Waals surface area contributed by atoms with Gasteiger partial charge in [-0.05, 0) is 43.5 Å². The van der Waals surface area contributed by atoms with Crippen LogP contribution in [0.15, 0.2) is 30.3 Å². The Morgan fingerprint density at radius 1 is 1.26 bits per heavy atom. The summed E-state index contributed by atoms with van der Waals surface area (Å²) in [5, 5.41) is 0. The molecule has 0 spiro atoms. The lowest BCUT2D eigenvalue weighted by molar-refractivity contribution is 0.462. The summed E-state index contributed by atoms with van der Waals surface area (Å²) in [6, 6.07) is 9.16. The zero-order valence-corrected chi connectivity index (χ0v) is 13.2. The molecule has 2 radical (unpaired) electrons. The number of pyridine rings is 1. The number of hydrogen-bond donors (Lipinski definition) is 0. The third-order valence-corrected chi connectivity index (χ3v) is 4.07. The van der Waals surface area contributed by atoms with Gasteiger partial charge >= 0.3 is 0 Å². The summed E-state index contributed by atoms with van der Waals surface area (Å²) >= 11 is 0. The molecule has 4 nitrogen and oxygen atoms in total. The first-order valence-corrected chi connectivity index (χ1v) is 7.91. The topological polar surface area (TPSA) is 29.7 Å². The SMILES string of the molecule is [B]c1ccc(Oc2ccc([N+]#[C-])c(N3CCCC3)n2)cc1CC. The lowest BCUT2D eigenvalue weighted by Gasteiger charge is -2.19. The second-order valence-electron chi connectivity index (χ2n) is 5.61. The van der Waals surface area contributed by atoms with Gasteiger partial charge < -0.3 is 9.64 Å². The Morgan fingerprint density at radius 2 is 2.04 bits per heavy atom. The van der Waals surface area contributed by atoms with Crippen LogP contribution in [-0.2, 0) is 6.42 Å². The maximum atomic E-state index is 7.32. The Kier molecular flexibility index (Phi) is 4.52. The molecular weight excluding hydrogens is 285 g/mol. The minimum absolute atomic E-state index is 0.506. The van der Waals surface area contributed by atoms with E-state index in [-0.39, 0.29) is 0 Å². The number of nitrogens with zero attached hydrogens (tertiary/aromatic N) is 3. The molecule has 114 valence electrons. The Bertz CT molecular complexity index is 748. The van der Waals surface area contributed by atoms with Crippen molar-refractivity contribution >= 4 is 24.8 Å². The van der Waals surface area contributed by atoms with Gasteiger partial charge in [0, 0.05) is 13.1 Å². The average molecular weight is 303 g/mol. The summed E-state index contributed by atoms with van der Waals surface area (Å²) < 4.78 is 5.88. The Hall–Kier alpha value is -2.48. The van der Waals surface area contributed by atoms with E-state index in [1.165, 1.54) is 0 Å². The molecule has 0 amide bonds. The molecule has 0 unspecified atom stereocenters. The van der Waals surface area contributed by atoms with E-state index in [2.05, 4.69) is 21.7 Å². The number of ether oxygens (including phenoxy) is 1. The first-order chi connectivity index (χ1) is 11.2. The van der Waals surface area contributed by atoms with Crippen molar-refractivity contribution in [2.45, 2.75) is 26.2 Å². The van der Waals surface area contributed by atoms with Gasteiger partial charge in [-0.25, -0.2) is 9.83 Å². The number of anilines is 1. The van der Waals surface area contributed by atoms with Gasteiger partial charge in [0.1, 0.15) is 19.4 Å². The molecule has 2 aromatic rings. The number of benzene rings is 1. The van der Waals surface area contributed by atoms with E-state index >= 15 is 0 Å². The van der Waals surface area contributed by atoms with Crippen molar-refractivity contribution in [3.8, 4) is 11.6 Å². The van der Waals surface area contributed by atoms with Crippen LogP contribution in [0.3, 0.4) is 0 Å². The van der Waals surface area contributed by atoms with Crippen LogP contribution >= 0.6 is 0 Å². The molecule has 1 aromatic carbocycles. The molecule has 5 heteroatoms. The smallest absolute Gasteiger partial charge is 0.228 e. The average Bonchev–Trinajstić information content (AvgIpc) is 3.11. The van der Waals surface area contributed by atoms with E-state index in [1.807, 2.05) is 18.2 Å². The zero-order chi connectivity index (χ0) is 16.2. The molecule has 1 fully saturated rings. The summed E-state index contributed by atoms with van der Waals surface area (Å²) in [5.74, 6) is 1.94. The second kappa shape index (κ2) is 6.74. The second-order valence-corrected chi connectivity index (χ2v) is 5.61. The van der Waals surface area contributed by atoms with Crippen molar-refractivity contribution < 1.29 is 4.74 Å². The molecule has 1 aromatic heterocycles. The zero-order valence-electron chi connectivity index (χ0n) is 13.2. The highest BCUT2D eigenvalue weighted by Crippen LogP contribution is 2.32. The molecular formula is C18H18BN3O. The largest absolute Gasteiger partial charge is 0.439 e. The molecule has 1 saturated heterocycles. The van der Waals surface area contributed by atoms with Crippen LogP contribution < -0.4 is 15.1 Å². The summed E-state index contributed by atoms with van der Waals surface area (Å²) in [4.78, 5) is 10.3. The number of hydrogen-bond acceptors (Lipinski definition) is 3. The third kappa shape index (κ3) is 3.32. The Labute approximate surface area is 138 Å². The normalized spacial score (nSPS) is 13.8. The first-order valence-electron chi connectivity index (χ1n) is 7.91. The minimum atomic E-state index is 0.506. The number of aromatic nitrogens is 1. The quantitative estimate of drug-likeness (QED) is 0.640. The number of aryl methyl sites for hydroxylation is 1. The van der Waals surface area contributed by atoms with Gasteiger partial charge in [0.2, 0.25) is 11.6 Å². The van der Waals surface area contributed by atoms with Gasteiger partial charge in [-0.1, -0.05) is 24.0 Å². The van der Waals surface area contributed by atoms with Crippen LogP contribution in [-0.4, -0.2) is 25.9 Å². The summed E-state index contributed by atoms with van der Waals surface area (Å²) in [6.07, 6.45) is 3.14. The van der Waals surface area contributed by atoms with Gasteiger partial charge in [0.15, 0.2) is 0 Å². The van der Waals surface area contributed by atoms with Gasteiger partial charge in [0.05, 0.1) is 6.57 Å². The van der Waals surface area contributed by atoms with Crippen molar-refractivity contribution in [1.29, 1.82) is 0 Å². The monoisotopic (exact) mass is 303 g/mol. The predicted octanol–water partition coefficient (Wildman–Crippen LogP) is 3.38. The van der Waals surface area contributed by atoms with Crippen molar-refractivity contribution in [3.63, 3.8) is 0 Å². The van der Waals surface area contributed by atoms with E-state index in [9.17, 15) is 0 Å². The highest BCUT2D eigenvalue weighted by atomic mass is 16.5. The van der Waals surface area contributed by atoms with Crippen molar-refractivity contribution in [2.75, 3.05) is 18.0 Å². The van der Waals surface area contributed by atoms with Crippen molar-refractivity contribution in [1.82, 2.24) is 4.98 Å². The summed E-state index contributed by atoms with van der Waals surface area (Å²) in [5.41, 5.74) is 2.40. The van der Waals surface area contributed by atoms with Crippen LogP contribution in [0.5, 0.6) is 11.6 Å². The van der Waals surface area contributed by atoms with E-state index < -0.39 is 0 Å².